The van der Waals surface area contributed by atoms with Crippen molar-refractivity contribution in [2.45, 2.75) is 52.5 Å². The molecule has 18 heavy (non-hydrogen) atoms. The first-order valence-corrected chi connectivity index (χ1v) is 6.50. The highest BCUT2D eigenvalue weighted by atomic mass is 16.5. The molecular weight excluding hydrogens is 232 g/mol. The second-order valence-electron chi connectivity index (χ2n) is 5.18. The first-order valence-electron chi connectivity index (χ1n) is 6.50. The lowest BCUT2D eigenvalue weighted by Gasteiger charge is -2.33. The van der Waals surface area contributed by atoms with E-state index in [0.29, 0.717) is 24.5 Å². The Morgan fingerprint density at radius 3 is 2.56 bits per heavy atom. The zero-order valence-corrected chi connectivity index (χ0v) is 11.5. The minimum Gasteiger partial charge on any atom is -0.407 e. The van der Waals surface area contributed by atoms with Crippen molar-refractivity contribution in [2.24, 2.45) is 0 Å². The molecule has 0 spiro atoms. The third kappa shape index (κ3) is 3.43. The van der Waals surface area contributed by atoms with E-state index in [9.17, 15) is 0 Å². The van der Waals surface area contributed by atoms with Gasteiger partial charge in [-0.3, -0.25) is 0 Å². The van der Waals surface area contributed by atoms with Crippen LogP contribution >= 0.6 is 0 Å². The molecule has 1 N–H and O–H groups in total. The second-order valence-corrected chi connectivity index (χ2v) is 5.18. The molecule has 0 bridgehead atoms. The quantitative estimate of drug-likeness (QED) is 0.870. The normalized spacial score (nSPS) is 24.8. The Bertz CT molecular complexity index is 370. The lowest BCUT2D eigenvalue weighted by molar-refractivity contribution is -0.00676. The molecule has 2 rings (SSSR count). The summed E-state index contributed by atoms with van der Waals surface area (Å²) in [4.78, 5) is 2.09. The maximum atomic E-state index is 5.68. The van der Waals surface area contributed by atoms with E-state index >= 15 is 0 Å². The van der Waals surface area contributed by atoms with Crippen molar-refractivity contribution in [3.63, 3.8) is 0 Å². The van der Waals surface area contributed by atoms with Crippen LogP contribution in [-0.2, 0) is 11.3 Å². The monoisotopic (exact) mass is 254 g/mol. The predicted octanol–water partition coefficient (Wildman–Crippen LogP) is 1.18. The van der Waals surface area contributed by atoms with Crippen molar-refractivity contribution in [3.8, 4) is 0 Å². The van der Waals surface area contributed by atoms with E-state index in [0.717, 1.165) is 13.1 Å². The van der Waals surface area contributed by atoms with Gasteiger partial charge >= 0.3 is 6.01 Å². The van der Waals surface area contributed by atoms with E-state index in [2.05, 4.69) is 48.1 Å². The number of hydrogen-bond acceptors (Lipinski definition) is 6. The Balaban J connectivity index is 1.96. The SMILES string of the molecule is CC(C)NCc1nnc(N2C[C@@H](C)O[C@@H](C)C2)o1. The third-order valence-corrected chi connectivity index (χ3v) is 2.81. The van der Waals surface area contributed by atoms with Gasteiger partial charge in [0.25, 0.3) is 0 Å². The van der Waals surface area contributed by atoms with Crippen molar-refractivity contribution >= 4 is 6.01 Å². The molecule has 6 heteroatoms. The number of hydrogen-bond donors (Lipinski definition) is 1. The van der Waals surface area contributed by atoms with Crippen molar-refractivity contribution in [2.75, 3.05) is 18.0 Å². The predicted molar refractivity (Wildman–Crippen MR) is 68.5 cm³/mol. The molecule has 1 saturated heterocycles. The summed E-state index contributed by atoms with van der Waals surface area (Å²) in [5.41, 5.74) is 0. The van der Waals surface area contributed by atoms with E-state index in [1.54, 1.807) is 0 Å². The molecule has 1 aliphatic heterocycles. The average Bonchev–Trinajstić information content (AvgIpc) is 2.73. The maximum Gasteiger partial charge on any atom is 0.318 e. The van der Waals surface area contributed by atoms with Crippen LogP contribution in [0.3, 0.4) is 0 Å². The minimum atomic E-state index is 0.192. The minimum absolute atomic E-state index is 0.192. The van der Waals surface area contributed by atoms with Crippen molar-refractivity contribution in [1.82, 2.24) is 15.5 Å². The van der Waals surface area contributed by atoms with Gasteiger partial charge in [0.05, 0.1) is 18.8 Å². The largest absolute Gasteiger partial charge is 0.407 e. The molecule has 2 atom stereocenters. The Kier molecular flexibility index (Phi) is 4.19. The van der Waals surface area contributed by atoms with E-state index < -0.39 is 0 Å². The highest BCUT2D eigenvalue weighted by Gasteiger charge is 2.25. The van der Waals surface area contributed by atoms with Crippen LogP contribution in [0.15, 0.2) is 4.42 Å². The van der Waals surface area contributed by atoms with Gasteiger partial charge in [0.1, 0.15) is 0 Å². The molecule has 2 heterocycles. The van der Waals surface area contributed by atoms with Gasteiger partial charge < -0.3 is 19.4 Å². The summed E-state index contributed by atoms with van der Waals surface area (Å²) in [5, 5.41) is 11.4. The molecule has 0 aliphatic carbocycles. The van der Waals surface area contributed by atoms with E-state index in [-0.39, 0.29) is 12.2 Å². The highest BCUT2D eigenvalue weighted by Crippen LogP contribution is 2.18. The Labute approximate surface area is 108 Å². The molecule has 0 amide bonds. The number of nitrogens with zero attached hydrogens (tertiary/aromatic N) is 3. The number of ether oxygens (including phenoxy) is 1. The fourth-order valence-electron chi connectivity index (χ4n) is 2.07. The summed E-state index contributed by atoms with van der Waals surface area (Å²) >= 11 is 0. The zero-order valence-electron chi connectivity index (χ0n) is 11.5. The van der Waals surface area contributed by atoms with E-state index in [4.69, 9.17) is 9.15 Å². The first kappa shape index (κ1) is 13.3. The summed E-state index contributed by atoms with van der Waals surface area (Å²) in [6.45, 7) is 10.5. The molecule has 0 saturated carbocycles. The summed E-state index contributed by atoms with van der Waals surface area (Å²) in [5.74, 6) is 0.630. The molecule has 0 aromatic carbocycles. The molecule has 1 aromatic heterocycles. The lowest BCUT2D eigenvalue weighted by atomic mass is 10.2. The van der Waals surface area contributed by atoms with Crippen LogP contribution in [0, 0.1) is 0 Å². The average molecular weight is 254 g/mol. The summed E-state index contributed by atoms with van der Waals surface area (Å²) in [6.07, 6.45) is 0.385. The summed E-state index contributed by atoms with van der Waals surface area (Å²) in [6, 6.07) is 1.00. The molecule has 0 radical (unpaired) electrons. The molecule has 102 valence electrons. The van der Waals surface area contributed by atoms with Crippen molar-refractivity contribution < 1.29 is 9.15 Å². The Morgan fingerprint density at radius 1 is 1.28 bits per heavy atom. The lowest BCUT2D eigenvalue weighted by Crippen LogP contribution is -2.45. The third-order valence-electron chi connectivity index (χ3n) is 2.81. The van der Waals surface area contributed by atoms with Gasteiger partial charge in [-0.05, 0) is 13.8 Å². The van der Waals surface area contributed by atoms with Gasteiger partial charge in [-0.1, -0.05) is 18.9 Å². The number of anilines is 1. The highest BCUT2D eigenvalue weighted by molar-refractivity contribution is 5.25. The van der Waals surface area contributed by atoms with Crippen LogP contribution < -0.4 is 10.2 Å². The zero-order chi connectivity index (χ0) is 13.1. The second kappa shape index (κ2) is 5.67. The molecule has 0 unspecified atom stereocenters. The number of aromatic nitrogens is 2. The molecular formula is C12H22N4O2. The van der Waals surface area contributed by atoms with Crippen LogP contribution in [0.5, 0.6) is 0 Å². The van der Waals surface area contributed by atoms with Gasteiger partial charge in [-0.25, -0.2) is 0 Å². The number of morpholine rings is 1. The van der Waals surface area contributed by atoms with Crippen molar-refractivity contribution in [3.05, 3.63) is 5.89 Å². The smallest absolute Gasteiger partial charge is 0.318 e. The topological polar surface area (TPSA) is 63.4 Å². The van der Waals surface area contributed by atoms with Gasteiger partial charge in [0, 0.05) is 19.1 Å². The summed E-state index contributed by atoms with van der Waals surface area (Å²) in [7, 11) is 0. The van der Waals surface area contributed by atoms with Crippen LogP contribution in [0.2, 0.25) is 0 Å². The maximum absolute atomic E-state index is 5.68. The molecule has 1 aliphatic rings. The van der Waals surface area contributed by atoms with Gasteiger partial charge in [0.2, 0.25) is 5.89 Å². The van der Waals surface area contributed by atoms with Gasteiger partial charge in [-0.15, -0.1) is 5.10 Å². The Morgan fingerprint density at radius 2 is 1.94 bits per heavy atom. The first-order chi connectivity index (χ1) is 8.54. The number of rotatable bonds is 4. The standard InChI is InChI=1S/C12H22N4O2/c1-8(2)13-5-11-14-15-12(18-11)16-6-9(3)17-10(4)7-16/h8-10,13H,5-7H2,1-4H3/t9-,10+. The van der Waals surface area contributed by atoms with Crippen molar-refractivity contribution in [1.29, 1.82) is 0 Å². The molecule has 1 aromatic rings. The Hall–Kier alpha value is -1.14. The molecule has 1 fully saturated rings. The number of nitrogens with one attached hydrogen (secondary N) is 1. The van der Waals surface area contributed by atoms with E-state index in [1.165, 1.54) is 0 Å². The fourth-order valence-corrected chi connectivity index (χ4v) is 2.07. The van der Waals surface area contributed by atoms with E-state index in [1.807, 2.05) is 0 Å². The van der Waals surface area contributed by atoms with Crippen LogP contribution in [0.25, 0.3) is 0 Å². The van der Waals surface area contributed by atoms with Gasteiger partial charge in [0.15, 0.2) is 0 Å². The fraction of sp³-hybridized carbons (Fsp3) is 0.833. The van der Waals surface area contributed by atoms with Crippen LogP contribution in [-0.4, -0.2) is 41.5 Å². The summed E-state index contributed by atoms with van der Waals surface area (Å²) < 4.78 is 11.3. The van der Waals surface area contributed by atoms with Gasteiger partial charge in [-0.2, -0.15) is 0 Å². The van der Waals surface area contributed by atoms with Crippen LogP contribution in [0.4, 0.5) is 6.01 Å². The molecule has 6 nitrogen and oxygen atoms in total. The van der Waals surface area contributed by atoms with Crippen LogP contribution in [0.1, 0.15) is 33.6 Å².